The van der Waals surface area contributed by atoms with Gasteiger partial charge in [-0.05, 0) is 59.9 Å². The lowest BCUT2D eigenvalue weighted by Crippen LogP contribution is -2.37. The average Bonchev–Trinajstić information content (AvgIpc) is 2.80. The summed E-state index contributed by atoms with van der Waals surface area (Å²) in [7, 11) is 0. The Morgan fingerprint density at radius 3 is 2.41 bits per heavy atom. The highest BCUT2D eigenvalue weighted by Gasteiger charge is 2.40. The molecule has 1 aliphatic carbocycles. The minimum atomic E-state index is -1.71. The molecule has 0 radical (unpaired) electrons. The summed E-state index contributed by atoms with van der Waals surface area (Å²) >= 11 is 10.5. The minimum absolute atomic E-state index is 0.316. The Hall–Kier alpha value is -2.53. The van der Waals surface area contributed by atoms with Gasteiger partial charge in [-0.25, -0.2) is 0 Å². The SMILES string of the molecule is CC.CC(=O)C(O)(C1=CC=C(S)CC1)c1ccccc1Nc1cccc2cc(Cl)ccc12. The number of hydrogen-bond acceptors (Lipinski definition) is 4. The summed E-state index contributed by atoms with van der Waals surface area (Å²) in [5.74, 6) is -0.316. The number of para-hydroxylation sites is 1. The number of ketones is 1. The number of benzene rings is 3. The Kier molecular flexibility index (Phi) is 7.83. The number of hydrogen-bond donors (Lipinski definition) is 3. The van der Waals surface area contributed by atoms with Gasteiger partial charge >= 0.3 is 0 Å². The van der Waals surface area contributed by atoms with Gasteiger partial charge in [0, 0.05) is 27.3 Å². The Bertz CT molecular complexity index is 1200. The van der Waals surface area contributed by atoms with Gasteiger partial charge in [0.25, 0.3) is 0 Å². The van der Waals surface area contributed by atoms with Crippen LogP contribution in [0.15, 0.2) is 83.3 Å². The molecule has 0 saturated heterocycles. The van der Waals surface area contributed by atoms with Gasteiger partial charge in [0.15, 0.2) is 11.4 Å². The van der Waals surface area contributed by atoms with Crippen molar-refractivity contribution in [1.29, 1.82) is 0 Å². The van der Waals surface area contributed by atoms with Crippen LogP contribution < -0.4 is 5.32 Å². The minimum Gasteiger partial charge on any atom is -0.373 e. The van der Waals surface area contributed by atoms with Crippen LogP contribution in [0.5, 0.6) is 0 Å². The van der Waals surface area contributed by atoms with Gasteiger partial charge in [0.05, 0.1) is 0 Å². The van der Waals surface area contributed by atoms with E-state index in [1.165, 1.54) is 6.92 Å². The van der Waals surface area contributed by atoms with Gasteiger partial charge < -0.3 is 10.4 Å². The molecule has 0 aromatic heterocycles. The van der Waals surface area contributed by atoms with E-state index in [0.717, 1.165) is 21.4 Å². The van der Waals surface area contributed by atoms with Crippen molar-refractivity contribution in [2.24, 2.45) is 0 Å². The Labute approximate surface area is 200 Å². The normalized spacial score (nSPS) is 15.1. The fourth-order valence-electron chi connectivity index (χ4n) is 3.93. The first kappa shape index (κ1) is 24.1. The molecule has 0 aliphatic heterocycles. The maximum Gasteiger partial charge on any atom is 0.171 e. The molecule has 1 atom stereocenters. The molecule has 3 aromatic carbocycles. The fourth-order valence-corrected chi connectivity index (χ4v) is 4.30. The molecule has 3 nitrogen and oxygen atoms in total. The maximum atomic E-state index is 12.7. The van der Waals surface area contributed by atoms with E-state index in [4.69, 9.17) is 11.6 Å². The van der Waals surface area contributed by atoms with Crippen molar-refractivity contribution in [1.82, 2.24) is 0 Å². The number of halogens is 1. The monoisotopic (exact) mass is 465 g/mol. The third-order valence-corrected chi connectivity index (χ3v) is 6.14. The molecule has 0 fully saturated rings. The van der Waals surface area contributed by atoms with Crippen molar-refractivity contribution in [3.63, 3.8) is 0 Å². The Balaban J connectivity index is 0.00000141. The van der Waals surface area contributed by atoms with E-state index >= 15 is 0 Å². The largest absolute Gasteiger partial charge is 0.373 e. The van der Waals surface area contributed by atoms with E-state index in [0.29, 0.717) is 34.7 Å². The van der Waals surface area contributed by atoms with Gasteiger partial charge in [0.1, 0.15) is 0 Å². The number of allylic oxidation sites excluding steroid dienone is 3. The number of Topliss-reactive ketones (excluding diaryl/α,β-unsaturated/α-hetero) is 1. The standard InChI is InChI=1S/C25H22ClNO2S.C2H6/c1-16(28)25(29,18-9-12-20(30)13-10-18)22-6-2-3-7-24(22)27-23-8-4-5-17-15-19(26)11-14-21(17)23;1-2/h2-9,11-12,14-15,27,29-30H,10,13H2,1H3;1-2H3. The molecule has 5 heteroatoms. The van der Waals surface area contributed by atoms with Crippen LogP contribution in [0.3, 0.4) is 0 Å². The van der Waals surface area contributed by atoms with E-state index in [9.17, 15) is 9.90 Å². The predicted molar refractivity (Wildman–Crippen MR) is 139 cm³/mol. The molecule has 2 N–H and O–H groups in total. The number of thiol groups is 1. The third kappa shape index (κ3) is 4.78. The topological polar surface area (TPSA) is 49.3 Å². The van der Waals surface area contributed by atoms with Gasteiger partial charge in [0.2, 0.25) is 0 Å². The molecule has 0 bridgehead atoms. The summed E-state index contributed by atoms with van der Waals surface area (Å²) in [6.07, 6.45) is 4.93. The average molecular weight is 466 g/mol. The molecule has 1 unspecified atom stereocenters. The molecule has 4 rings (SSSR count). The molecule has 0 saturated carbocycles. The lowest BCUT2D eigenvalue weighted by molar-refractivity contribution is -0.132. The summed E-state index contributed by atoms with van der Waals surface area (Å²) in [6.45, 7) is 5.43. The van der Waals surface area contributed by atoms with Crippen LogP contribution in [0.1, 0.15) is 39.2 Å². The second-order valence-electron chi connectivity index (χ2n) is 7.46. The smallest absolute Gasteiger partial charge is 0.171 e. The zero-order chi connectivity index (χ0) is 23.3. The van der Waals surface area contributed by atoms with E-state index in [1.807, 2.05) is 80.6 Å². The van der Waals surface area contributed by atoms with Crippen LogP contribution in [-0.4, -0.2) is 10.9 Å². The quantitative estimate of drug-likeness (QED) is 0.340. The van der Waals surface area contributed by atoms with Crippen LogP contribution in [0.25, 0.3) is 10.8 Å². The van der Waals surface area contributed by atoms with Gasteiger partial charge in [-0.3, -0.25) is 4.79 Å². The highest BCUT2D eigenvalue weighted by molar-refractivity contribution is 7.84. The van der Waals surface area contributed by atoms with Gasteiger partial charge in [-0.1, -0.05) is 74.0 Å². The van der Waals surface area contributed by atoms with Crippen LogP contribution >= 0.6 is 24.2 Å². The molecule has 0 heterocycles. The van der Waals surface area contributed by atoms with Crippen molar-refractivity contribution in [2.75, 3.05) is 5.32 Å². The van der Waals surface area contributed by atoms with Gasteiger partial charge in [-0.15, -0.1) is 12.6 Å². The molecule has 166 valence electrons. The van der Waals surface area contributed by atoms with Crippen molar-refractivity contribution < 1.29 is 9.90 Å². The Morgan fingerprint density at radius 1 is 1.00 bits per heavy atom. The van der Waals surface area contributed by atoms with Crippen LogP contribution in [-0.2, 0) is 10.4 Å². The van der Waals surface area contributed by atoms with Crippen molar-refractivity contribution in [2.45, 2.75) is 39.2 Å². The predicted octanol–water partition coefficient (Wildman–Crippen LogP) is 7.57. The fraction of sp³-hybridized carbons (Fsp3) is 0.222. The zero-order valence-corrected chi connectivity index (χ0v) is 20.2. The lowest BCUT2D eigenvalue weighted by atomic mass is 9.78. The number of rotatable bonds is 5. The summed E-state index contributed by atoms with van der Waals surface area (Å²) in [6, 6.07) is 19.0. The van der Waals surface area contributed by atoms with E-state index < -0.39 is 5.60 Å². The summed E-state index contributed by atoms with van der Waals surface area (Å²) < 4.78 is 0. The summed E-state index contributed by atoms with van der Waals surface area (Å²) in [5.41, 5.74) is 1.05. The number of carbonyl (C=O) groups excluding carboxylic acids is 1. The van der Waals surface area contributed by atoms with Crippen molar-refractivity contribution in [3.05, 3.63) is 93.9 Å². The number of fused-ring (bicyclic) bond motifs is 1. The van der Waals surface area contributed by atoms with Crippen molar-refractivity contribution in [3.8, 4) is 0 Å². The molecule has 0 spiro atoms. The van der Waals surface area contributed by atoms with E-state index in [-0.39, 0.29) is 5.78 Å². The van der Waals surface area contributed by atoms with Crippen LogP contribution in [0.2, 0.25) is 5.02 Å². The molecule has 0 amide bonds. The van der Waals surface area contributed by atoms with Crippen molar-refractivity contribution >= 4 is 52.2 Å². The highest BCUT2D eigenvalue weighted by Crippen LogP contribution is 2.41. The van der Waals surface area contributed by atoms with Gasteiger partial charge in [-0.2, -0.15) is 0 Å². The number of aliphatic hydroxyl groups is 1. The summed E-state index contributed by atoms with van der Waals surface area (Å²) in [5, 5.41) is 17.8. The van der Waals surface area contributed by atoms with E-state index in [1.54, 1.807) is 6.07 Å². The second kappa shape index (κ2) is 10.4. The molecule has 3 aromatic rings. The molecule has 32 heavy (non-hydrogen) atoms. The van der Waals surface area contributed by atoms with E-state index in [2.05, 4.69) is 17.9 Å². The third-order valence-electron chi connectivity index (χ3n) is 5.53. The molecular weight excluding hydrogens is 438 g/mol. The Morgan fingerprint density at radius 2 is 1.72 bits per heavy atom. The first-order chi connectivity index (χ1) is 15.4. The lowest BCUT2D eigenvalue weighted by Gasteiger charge is -2.32. The second-order valence-corrected chi connectivity index (χ2v) is 8.47. The first-order valence-electron chi connectivity index (χ1n) is 10.8. The number of nitrogens with one attached hydrogen (secondary N) is 1. The summed E-state index contributed by atoms with van der Waals surface area (Å²) in [4.78, 5) is 13.7. The zero-order valence-electron chi connectivity index (χ0n) is 18.5. The van der Waals surface area contributed by atoms with Crippen LogP contribution in [0, 0.1) is 0 Å². The number of carbonyl (C=O) groups is 1. The molecular formula is C27H28ClNO2S. The highest BCUT2D eigenvalue weighted by atomic mass is 35.5. The molecule has 1 aliphatic rings. The van der Waals surface area contributed by atoms with Crippen LogP contribution in [0.4, 0.5) is 11.4 Å². The maximum absolute atomic E-state index is 12.7. The first-order valence-corrected chi connectivity index (χ1v) is 11.6. The number of anilines is 2.